The van der Waals surface area contributed by atoms with Gasteiger partial charge < -0.3 is 0 Å². The summed E-state index contributed by atoms with van der Waals surface area (Å²) in [4.78, 5) is 10.2. The fraction of sp³-hybridized carbons (Fsp3) is 0.833. The van der Waals surface area contributed by atoms with Crippen LogP contribution >= 0.6 is 0 Å². The second-order valence-corrected chi connectivity index (χ2v) is 5.97. The summed E-state index contributed by atoms with van der Waals surface area (Å²) in [6, 6.07) is 0. The minimum absolute atomic E-state index is 0.384. The molecule has 3 atom stereocenters. The van der Waals surface area contributed by atoms with E-state index in [4.69, 9.17) is 0 Å². The number of hydrogen-bond acceptors (Lipinski definition) is 1. The molecule has 0 aliphatic heterocycles. The normalized spacial score (nSPS) is 35.8. The maximum absolute atomic E-state index is 10.2. The Hall–Kier alpha value is 0.406. The Morgan fingerprint density at radius 1 is 1.89 bits per heavy atom. The van der Waals surface area contributed by atoms with Crippen LogP contribution in [0, 0.1) is 11.8 Å². The predicted octanol–water partition coefficient (Wildman–Crippen LogP) is 0.488. The van der Waals surface area contributed by atoms with Gasteiger partial charge in [-0.1, -0.05) is 0 Å². The summed E-state index contributed by atoms with van der Waals surface area (Å²) in [7, 11) is 3.60. The third-order valence-corrected chi connectivity index (χ3v) is 5.16. The van der Waals surface area contributed by atoms with Crippen LogP contribution in [0.25, 0.3) is 0 Å². The maximum atomic E-state index is 10.2. The van der Waals surface area contributed by atoms with E-state index in [-0.39, 0.29) is 0 Å². The molecule has 1 rings (SSSR count). The monoisotopic (exact) mass is 205 g/mol. The Morgan fingerprint density at radius 2 is 2.56 bits per heavy atom. The second kappa shape index (κ2) is 3.00. The van der Waals surface area contributed by atoms with Gasteiger partial charge in [0.25, 0.3) is 0 Å². The van der Waals surface area contributed by atoms with Crippen LogP contribution in [0.15, 0.2) is 0 Å². The van der Waals surface area contributed by atoms with Crippen molar-refractivity contribution >= 4 is 31.5 Å². The van der Waals surface area contributed by atoms with Crippen LogP contribution in [0.5, 0.6) is 0 Å². The van der Waals surface area contributed by atoms with E-state index in [0.717, 1.165) is 12.7 Å². The molecule has 0 N–H and O–H groups in total. The zero-order chi connectivity index (χ0) is 6.85. The van der Waals surface area contributed by atoms with Crippen molar-refractivity contribution in [1.29, 1.82) is 0 Å². The molecule has 0 aromatic carbocycles. The standard InChI is InChI=1S/C6H9OSeSi/c1-8-6(9)5-2-4(5)3-7/h3-6H,2H2,1H3/t4-,5-,6+/m0/s1. The van der Waals surface area contributed by atoms with E-state index in [2.05, 4.69) is 16.1 Å². The van der Waals surface area contributed by atoms with Crippen LogP contribution in [0.2, 0.25) is 10.3 Å². The van der Waals surface area contributed by atoms with E-state index < -0.39 is 0 Å². The average Bonchev–Trinajstić information content (AvgIpc) is 2.64. The molecule has 0 saturated heterocycles. The minimum atomic E-state index is 0.384. The summed E-state index contributed by atoms with van der Waals surface area (Å²) in [6.45, 7) is 0. The van der Waals surface area contributed by atoms with Crippen LogP contribution in [0.4, 0.5) is 0 Å². The van der Waals surface area contributed by atoms with E-state index >= 15 is 0 Å². The van der Waals surface area contributed by atoms with Crippen LogP contribution in [0.3, 0.4) is 0 Å². The zero-order valence-corrected chi connectivity index (χ0v) is 8.05. The Labute approximate surface area is 65.2 Å². The molecule has 3 radical (unpaired) electrons. The molecule has 0 unspecified atom stereocenters. The number of carbonyl (C=O) groups excluding carboxylic acids is 1. The van der Waals surface area contributed by atoms with Gasteiger partial charge in [0.1, 0.15) is 0 Å². The van der Waals surface area contributed by atoms with Crippen molar-refractivity contribution in [3.8, 4) is 0 Å². The predicted molar refractivity (Wildman–Crippen MR) is 38.8 cm³/mol. The molecule has 0 heterocycles. The molecule has 0 spiro atoms. The van der Waals surface area contributed by atoms with Crippen molar-refractivity contribution in [3.05, 3.63) is 0 Å². The Morgan fingerprint density at radius 3 is 2.89 bits per heavy atom. The first-order valence-corrected chi connectivity index (χ1v) is 6.26. The molecule has 1 aliphatic rings. The average molecular weight is 204 g/mol. The van der Waals surface area contributed by atoms with Gasteiger partial charge in [-0.2, -0.15) is 0 Å². The molecule has 3 heteroatoms. The molecular formula is C6H9OSeSi. The van der Waals surface area contributed by atoms with E-state index in [1.165, 1.54) is 0 Å². The first-order valence-electron chi connectivity index (χ1n) is 2.98. The van der Waals surface area contributed by atoms with Gasteiger partial charge in [-0.05, 0) is 0 Å². The summed E-state index contributed by atoms with van der Waals surface area (Å²) >= 11 is 0.652. The SMILES string of the molecule is C[Se][C@H]([Si])[C@H]1C[C@H]1C=O. The first kappa shape index (κ1) is 7.51. The molecule has 1 aliphatic carbocycles. The quantitative estimate of drug-likeness (QED) is 0.483. The third kappa shape index (κ3) is 1.66. The van der Waals surface area contributed by atoms with E-state index in [0.29, 0.717) is 31.2 Å². The van der Waals surface area contributed by atoms with Gasteiger partial charge in [-0.3, -0.25) is 0 Å². The Balaban J connectivity index is 2.24. The molecule has 49 valence electrons. The topological polar surface area (TPSA) is 17.1 Å². The third-order valence-electron chi connectivity index (χ3n) is 1.71. The molecule has 0 aromatic heterocycles. The van der Waals surface area contributed by atoms with Gasteiger partial charge >= 0.3 is 64.8 Å². The summed E-state index contributed by atoms with van der Waals surface area (Å²) in [5.41, 5.74) is 0. The van der Waals surface area contributed by atoms with Gasteiger partial charge in [-0.15, -0.1) is 0 Å². The molecule has 1 nitrogen and oxygen atoms in total. The van der Waals surface area contributed by atoms with Crippen molar-refractivity contribution < 1.29 is 4.79 Å². The molecule has 9 heavy (non-hydrogen) atoms. The fourth-order valence-electron chi connectivity index (χ4n) is 0.915. The molecule has 0 bridgehead atoms. The molecule has 0 aromatic rings. The van der Waals surface area contributed by atoms with E-state index in [1.807, 2.05) is 0 Å². The zero-order valence-electron chi connectivity index (χ0n) is 5.33. The fourth-order valence-corrected chi connectivity index (χ4v) is 2.69. The van der Waals surface area contributed by atoms with Crippen LogP contribution < -0.4 is 0 Å². The molecule has 1 saturated carbocycles. The Kier molecular flexibility index (Phi) is 2.50. The van der Waals surface area contributed by atoms with Crippen molar-refractivity contribution in [2.75, 3.05) is 0 Å². The molecule has 1 fully saturated rings. The van der Waals surface area contributed by atoms with Crippen molar-refractivity contribution in [3.63, 3.8) is 0 Å². The van der Waals surface area contributed by atoms with E-state index in [1.54, 1.807) is 0 Å². The van der Waals surface area contributed by atoms with Crippen molar-refractivity contribution in [2.45, 2.75) is 16.7 Å². The Bertz CT molecular complexity index is 118. The summed E-state index contributed by atoms with van der Waals surface area (Å²) < 4.78 is 0.632. The number of aldehydes is 1. The summed E-state index contributed by atoms with van der Waals surface area (Å²) in [6.07, 6.45) is 2.21. The van der Waals surface area contributed by atoms with Gasteiger partial charge in [0.15, 0.2) is 0 Å². The van der Waals surface area contributed by atoms with Crippen molar-refractivity contribution in [2.24, 2.45) is 11.8 Å². The number of carbonyl (C=O) groups is 1. The van der Waals surface area contributed by atoms with Gasteiger partial charge in [0.2, 0.25) is 0 Å². The second-order valence-electron chi connectivity index (χ2n) is 2.36. The molecule has 0 amide bonds. The molecular weight excluding hydrogens is 195 g/mol. The first-order chi connectivity index (χ1) is 4.29. The summed E-state index contributed by atoms with van der Waals surface area (Å²) in [5.74, 6) is 3.25. The van der Waals surface area contributed by atoms with Gasteiger partial charge in [0, 0.05) is 0 Å². The van der Waals surface area contributed by atoms with Gasteiger partial charge in [-0.25, -0.2) is 0 Å². The van der Waals surface area contributed by atoms with Crippen LogP contribution in [-0.4, -0.2) is 31.5 Å². The summed E-state index contributed by atoms with van der Waals surface area (Å²) in [5, 5.41) is 0. The van der Waals surface area contributed by atoms with Crippen LogP contribution in [-0.2, 0) is 4.79 Å². The van der Waals surface area contributed by atoms with E-state index in [9.17, 15) is 4.79 Å². The number of hydrogen-bond donors (Lipinski definition) is 0. The van der Waals surface area contributed by atoms with Crippen molar-refractivity contribution in [1.82, 2.24) is 0 Å². The number of rotatable bonds is 3. The van der Waals surface area contributed by atoms with Crippen LogP contribution in [0.1, 0.15) is 6.42 Å². The van der Waals surface area contributed by atoms with Gasteiger partial charge in [0.05, 0.1) is 0 Å².